The molecule has 4 aromatic rings. The summed E-state index contributed by atoms with van der Waals surface area (Å²) in [5.41, 5.74) is 7.17. The Labute approximate surface area is 775 Å². The van der Waals surface area contributed by atoms with Crippen molar-refractivity contribution in [1.82, 2.24) is 47.4 Å². The van der Waals surface area contributed by atoms with Gasteiger partial charge in [-0.25, -0.2) is 0 Å². The third-order valence-corrected chi connectivity index (χ3v) is 23.3. The maximum absolute atomic E-state index is 14.9. The number of imide groups is 1. The van der Waals surface area contributed by atoms with Crippen LogP contribution in [0, 0.1) is 53.3 Å². The highest BCUT2D eigenvalue weighted by atomic mass is 16.4. The number of phenols is 2. The van der Waals surface area contributed by atoms with E-state index in [1.54, 1.807) is 77.1 Å². The van der Waals surface area contributed by atoms with E-state index >= 15 is 0 Å². The molecule has 19 N–H and O–H groups in total. The van der Waals surface area contributed by atoms with Crippen LogP contribution in [0.4, 0.5) is 0 Å². The minimum Gasteiger partial charge on any atom is -0.508 e. The van der Waals surface area contributed by atoms with Gasteiger partial charge < -0.3 is 94.2 Å². The quantitative estimate of drug-likeness (QED) is 0.0222. The van der Waals surface area contributed by atoms with Gasteiger partial charge in [-0.2, -0.15) is 0 Å². The second-order valence-corrected chi connectivity index (χ2v) is 34.8. The molecule has 0 saturated heterocycles. The predicted octanol–water partition coefficient (Wildman–Crippen LogP) is 2.17. The minimum atomic E-state index is -2.00. The first-order valence-electron chi connectivity index (χ1n) is 44.9. The van der Waals surface area contributed by atoms with Crippen LogP contribution in [-0.2, 0) is 106 Å². The maximum atomic E-state index is 14.9. The van der Waals surface area contributed by atoms with Crippen LogP contribution < -0.4 is 48.3 Å². The molecule has 0 saturated carbocycles. The number of fused-ring (bicyclic) bond motifs is 1. The lowest BCUT2D eigenvalue weighted by atomic mass is 9.85. The molecule has 16 atom stereocenters. The van der Waals surface area contributed by atoms with Gasteiger partial charge in [-0.1, -0.05) is 107 Å². The van der Waals surface area contributed by atoms with Gasteiger partial charge >= 0.3 is 17.9 Å². The summed E-state index contributed by atoms with van der Waals surface area (Å²) in [7, 11) is 0. The van der Waals surface area contributed by atoms with Gasteiger partial charge in [0.2, 0.25) is 47.3 Å². The number of phenolic OH excluding ortho intramolecular Hbond substituents is 2. The Morgan fingerprint density at radius 1 is 0.403 bits per heavy atom. The zero-order valence-corrected chi connectivity index (χ0v) is 76.4. The number of nitrogens with two attached hydrogens (primary N) is 1. The first-order chi connectivity index (χ1) is 63.4. The molecule has 0 bridgehead atoms. The molecule has 0 spiro atoms. The van der Waals surface area contributed by atoms with E-state index in [0.29, 0.717) is 36.9 Å². The third-order valence-electron chi connectivity index (χ3n) is 23.3. The minimum absolute atomic E-state index is 0.0217. The molecule has 0 unspecified atom stereocenters. The monoisotopic (exact) mass is 1870 g/mol. The molecule has 4 aromatic carbocycles. The highest BCUT2D eigenvalue weighted by molar-refractivity contribution is 6.21. The van der Waals surface area contributed by atoms with E-state index in [9.17, 15) is 142 Å². The normalized spacial score (nSPS) is 15.4. The fraction of sp³-hybridized carbons (Fsp3) is 0.537. The number of carbonyl (C=O) groups excluding carboxylic acids is 17. The lowest BCUT2D eigenvalue weighted by Gasteiger charge is -2.28. The zero-order valence-electron chi connectivity index (χ0n) is 76.4. The number of unbranched alkanes of at least 4 members (excludes halogenated alkanes) is 1. The van der Waals surface area contributed by atoms with Crippen LogP contribution in [0.5, 0.6) is 11.5 Å². The number of carbonyl (C=O) groups is 20. The van der Waals surface area contributed by atoms with Crippen molar-refractivity contribution in [3.05, 3.63) is 131 Å². The van der Waals surface area contributed by atoms with Crippen LogP contribution in [0.2, 0.25) is 0 Å². The molecule has 0 aliphatic carbocycles. The number of aromatic hydroxyl groups is 2. The van der Waals surface area contributed by atoms with Crippen LogP contribution in [0.25, 0.3) is 0 Å². The first-order valence-corrected chi connectivity index (χ1v) is 44.9. The van der Waals surface area contributed by atoms with E-state index in [-0.39, 0.29) is 85.7 Å². The number of rotatable bonds is 65. The second-order valence-electron chi connectivity index (χ2n) is 34.8. The number of aliphatic hydroxyl groups excluding tert-OH is 4. The van der Waals surface area contributed by atoms with Gasteiger partial charge in [-0.05, 0) is 137 Å². The highest BCUT2D eigenvalue weighted by Gasteiger charge is 2.42. The molecule has 0 fully saturated rings. The van der Waals surface area contributed by atoms with Crippen molar-refractivity contribution in [2.75, 3.05) is 39.4 Å². The maximum Gasteiger partial charge on any atom is 0.304 e. The van der Waals surface area contributed by atoms with E-state index < -0.39 is 310 Å². The average Bonchev–Trinajstić information content (AvgIpc) is 1.64. The van der Waals surface area contributed by atoms with Crippen molar-refractivity contribution in [2.45, 2.75) is 232 Å². The SMILES string of the molecule is CC[C@H](C)[C@H](NC(=O)[C@H](CO)CC(=O)[C@H](Cc1ccc(O)cc1)NC(=O)[C@H](CC(=O)O)CC(=O)[C@H](CO)NC(=O)[C@@H](CC(=O)[C@H](Cc1ccccc1)NC(=O)[C@@H](CC(=O)CNC(=O)[C@H](CCC(=O)O)CC(=O)CCC(=O)NCCN1C(=O)c2ccccc2C1=O)[C@@H](C)O)[C@@H](C)O)C(=O)C[C@@H](Cc1ccc(O)cc1)C(=O)N[C@@H](CC(C)C)C(=O)C[C@@H](CC(=O)O)C(=O)N[C@H](C)CCCCN. The van der Waals surface area contributed by atoms with Crippen molar-refractivity contribution in [2.24, 2.45) is 59.0 Å². The Balaban J connectivity index is 1.29. The summed E-state index contributed by atoms with van der Waals surface area (Å²) >= 11 is 0. The van der Waals surface area contributed by atoms with Crippen molar-refractivity contribution in [1.29, 1.82) is 0 Å². The van der Waals surface area contributed by atoms with Gasteiger partial charge in [0.05, 0.1) is 110 Å². The summed E-state index contributed by atoms with van der Waals surface area (Å²) in [6, 6.07) is 16.5. The summed E-state index contributed by atoms with van der Waals surface area (Å²) in [5, 5.41) is 114. The Hall–Kier alpha value is -12.7. The topological polar surface area (TPSA) is 649 Å². The molecule has 1 aliphatic rings. The molecule has 732 valence electrons. The molecule has 5 rings (SSSR count). The number of hydrogen-bond donors (Lipinski definition) is 18. The van der Waals surface area contributed by atoms with Crippen molar-refractivity contribution < 1.29 is 142 Å². The summed E-state index contributed by atoms with van der Waals surface area (Å²) in [6.45, 7) is 7.75. The number of aliphatic carboxylic acids is 3. The largest absolute Gasteiger partial charge is 0.508 e. The summed E-state index contributed by atoms with van der Waals surface area (Å²) in [5.74, 6) is -31.7. The van der Waals surface area contributed by atoms with Gasteiger partial charge in [-0.15, -0.1) is 0 Å². The Kier molecular flexibility index (Phi) is 47.0. The van der Waals surface area contributed by atoms with E-state index in [2.05, 4.69) is 42.5 Å². The van der Waals surface area contributed by atoms with E-state index in [4.69, 9.17) is 5.73 Å². The molecule has 134 heavy (non-hydrogen) atoms. The van der Waals surface area contributed by atoms with E-state index in [0.717, 1.165) is 18.7 Å². The third kappa shape index (κ3) is 37.7. The fourth-order valence-electron chi connectivity index (χ4n) is 15.3. The Morgan fingerprint density at radius 2 is 0.858 bits per heavy atom. The molecule has 1 aliphatic heterocycles. The van der Waals surface area contributed by atoms with Crippen LogP contribution in [0.15, 0.2) is 103 Å². The van der Waals surface area contributed by atoms with Crippen LogP contribution in [-0.4, -0.2) is 256 Å². The molecular weight excluding hydrogens is 1750 g/mol. The standard InChI is InChI=1S/C95H128N10O29/c1-8-53(4)86(81(118)43-61(37-58-21-26-65(110)27-22-58)89(128)100-73(36-52(2)3)77(114)41-62(45-84(122)123)88(127)99-54(5)16-14-15-33-96)104-91(130)64(50-106)44-78(115)74(39-59-23-28-66(111)29-24-59)101-90(129)63(46-85(124)125)42-79(116)76(51-107)103-93(132)72(56(7)109)48-80(117)75(38-57-17-10-9-11-18-57)102-92(131)71(55(6)108)47-68(113)49-98-87(126)60(25-32-83(120)121)40-67(112)30-31-82(119)97-34-35-105-94(133)69-19-12-13-20-70(69)95(105)134/h9-13,17-24,26-29,52-56,60-64,71-76,86,106-111H,8,14-16,25,30-51,96H2,1-7H3,(H,97,119)(H,98,126)(H,99,127)(H,100,128)(H,101,129)(H,102,131)(H,103,132)(H,104,130)(H,120,121)(H,122,123)(H,124,125)/t53-,54+,55+,56+,60+,61+,62-,63-,64-,71-,72-,73-,74-,75-,76-,86-/m0/s1. The Bertz CT molecular complexity index is 4720. The smallest absolute Gasteiger partial charge is 0.304 e. The number of aliphatic hydroxyl groups is 4. The molecule has 0 radical (unpaired) electrons. The first kappa shape index (κ1) is 112. The Morgan fingerprint density at radius 3 is 1.37 bits per heavy atom. The summed E-state index contributed by atoms with van der Waals surface area (Å²) < 4.78 is 0. The molecule has 0 aromatic heterocycles. The number of Topliss-reactive ketones (excluding diaryl/α,β-unsaturated/α-hetero) is 7. The number of carboxylic acid groups (broad SMARTS) is 3. The van der Waals surface area contributed by atoms with Gasteiger partial charge in [0, 0.05) is 95.2 Å². The number of nitrogens with zero attached hydrogens (tertiary/aromatic N) is 1. The number of ketones is 7. The van der Waals surface area contributed by atoms with Gasteiger partial charge in [0.15, 0.2) is 34.7 Å². The van der Waals surface area contributed by atoms with Crippen molar-refractivity contribution in [3.8, 4) is 11.5 Å². The molecule has 39 heteroatoms. The summed E-state index contributed by atoms with van der Waals surface area (Å²) in [6.07, 6.45) is -11.3. The predicted molar refractivity (Wildman–Crippen MR) is 481 cm³/mol. The second kappa shape index (κ2) is 56.3. The number of hydrogen-bond acceptors (Lipinski definition) is 27. The fourth-order valence-corrected chi connectivity index (χ4v) is 15.3. The molecule has 39 nitrogen and oxygen atoms in total. The van der Waals surface area contributed by atoms with E-state index in [1.165, 1.54) is 60.7 Å². The lowest BCUT2D eigenvalue weighted by molar-refractivity contribution is -0.143. The van der Waals surface area contributed by atoms with Crippen molar-refractivity contribution in [3.63, 3.8) is 0 Å². The molecule has 1 heterocycles. The summed E-state index contributed by atoms with van der Waals surface area (Å²) in [4.78, 5) is 274. The highest BCUT2D eigenvalue weighted by Crippen LogP contribution is 2.28. The average molecular weight is 1870 g/mol. The zero-order chi connectivity index (χ0) is 99.8. The number of nitrogens with one attached hydrogen (secondary N) is 8. The van der Waals surface area contributed by atoms with Crippen LogP contribution in [0.3, 0.4) is 0 Å². The molecular formula is C95H128N10O29. The van der Waals surface area contributed by atoms with E-state index in [1.807, 2.05) is 0 Å². The van der Waals surface area contributed by atoms with Crippen LogP contribution >= 0.6 is 0 Å². The number of amides is 10. The van der Waals surface area contributed by atoms with Crippen LogP contribution in [0.1, 0.15) is 201 Å². The molecule has 10 amide bonds. The van der Waals surface area contributed by atoms with Gasteiger partial charge in [-0.3, -0.25) is 101 Å². The van der Waals surface area contributed by atoms with Gasteiger partial charge in [0.25, 0.3) is 11.8 Å². The van der Waals surface area contributed by atoms with Gasteiger partial charge in [0.1, 0.15) is 23.3 Å². The lowest BCUT2D eigenvalue weighted by Crippen LogP contribution is -2.52. The number of carboxylic acids is 3. The van der Waals surface area contributed by atoms with Crippen molar-refractivity contribution >= 4 is 117 Å². The number of benzene rings is 4.